The van der Waals surface area contributed by atoms with E-state index in [-0.39, 0.29) is 23.8 Å². The predicted octanol–water partition coefficient (Wildman–Crippen LogP) is 3.28. The van der Waals surface area contributed by atoms with E-state index in [0.717, 1.165) is 38.3 Å². The average Bonchev–Trinajstić information content (AvgIpc) is 2.70. The second-order valence-electron chi connectivity index (χ2n) is 6.30. The van der Waals surface area contributed by atoms with Gasteiger partial charge in [0.15, 0.2) is 17.3 Å². The van der Waals surface area contributed by atoms with Gasteiger partial charge in [0.25, 0.3) is 0 Å². The van der Waals surface area contributed by atoms with E-state index in [1.54, 1.807) is 6.07 Å². The Bertz CT molecular complexity index is 852. The minimum absolute atomic E-state index is 0. The van der Waals surface area contributed by atoms with E-state index < -0.39 is 5.82 Å². The lowest BCUT2D eigenvalue weighted by Crippen LogP contribution is -2.47. The molecule has 0 saturated carbocycles. The number of benzene rings is 1. The van der Waals surface area contributed by atoms with Crippen molar-refractivity contribution in [2.45, 2.75) is 18.9 Å². The number of nitrogens with one attached hydrogen (secondary N) is 2. The van der Waals surface area contributed by atoms with E-state index in [1.165, 1.54) is 18.5 Å². The lowest BCUT2D eigenvalue weighted by atomic mass is 10.0. The highest BCUT2D eigenvalue weighted by Gasteiger charge is 2.30. The first-order valence-electron chi connectivity index (χ1n) is 8.65. The van der Waals surface area contributed by atoms with Gasteiger partial charge in [-0.15, -0.1) is 12.4 Å². The van der Waals surface area contributed by atoms with E-state index in [0.29, 0.717) is 24.2 Å². The molecule has 1 fully saturated rings. The summed E-state index contributed by atoms with van der Waals surface area (Å²) in [6, 6.07) is 4.71. The predicted molar refractivity (Wildman–Crippen MR) is 104 cm³/mol. The van der Waals surface area contributed by atoms with E-state index in [1.807, 2.05) is 0 Å². The van der Waals surface area contributed by atoms with Crippen molar-refractivity contribution in [2.75, 3.05) is 36.5 Å². The van der Waals surface area contributed by atoms with Crippen molar-refractivity contribution in [3.05, 3.63) is 41.8 Å². The Morgan fingerprint density at radius 1 is 1.30 bits per heavy atom. The fourth-order valence-corrected chi connectivity index (χ4v) is 3.42. The molecule has 0 bridgehead atoms. The Labute approximate surface area is 163 Å². The normalized spacial score (nSPS) is 16.5. The van der Waals surface area contributed by atoms with Gasteiger partial charge in [0, 0.05) is 6.04 Å². The zero-order valence-electron chi connectivity index (χ0n) is 14.6. The number of hydrogen-bond donors (Lipinski definition) is 2. The maximum absolute atomic E-state index is 14.2. The van der Waals surface area contributed by atoms with Crippen LogP contribution in [0, 0.1) is 12.4 Å². The van der Waals surface area contributed by atoms with E-state index >= 15 is 0 Å². The lowest BCUT2D eigenvalue weighted by molar-refractivity contribution is 0.288. The molecule has 2 N–H and O–H groups in total. The van der Waals surface area contributed by atoms with E-state index in [9.17, 15) is 4.39 Å². The van der Waals surface area contributed by atoms with Crippen LogP contribution < -0.4 is 20.3 Å². The summed E-state index contributed by atoms with van der Waals surface area (Å²) in [6.07, 6.45) is 3.58. The van der Waals surface area contributed by atoms with Crippen molar-refractivity contribution < 1.29 is 9.13 Å². The number of rotatable bonds is 3. The van der Waals surface area contributed by atoms with Crippen molar-refractivity contribution in [3.8, 4) is 5.75 Å². The van der Waals surface area contributed by atoms with Crippen LogP contribution >= 0.6 is 12.4 Å². The Balaban J connectivity index is 0.00000210. The van der Waals surface area contributed by atoms with Crippen LogP contribution in [0.3, 0.4) is 0 Å². The minimum atomic E-state index is -0.503. The molecule has 0 unspecified atom stereocenters. The van der Waals surface area contributed by atoms with E-state index in [2.05, 4.69) is 30.3 Å². The fraction of sp³-hybridized carbons (Fsp3) is 0.389. The molecule has 142 valence electrons. The molecule has 2 aromatic rings. The topological polar surface area (TPSA) is 66.7 Å². The summed E-state index contributed by atoms with van der Waals surface area (Å²) in [5, 5.41) is 6.35. The third kappa shape index (κ3) is 3.89. The molecule has 2 aliphatic rings. The minimum Gasteiger partial charge on any atom is -0.485 e. The zero-order chi connectivity index (χ0) is 17.9. The number of anilines is 3. The van der Waals surface area contributed by atoms with Crippen LogP contribution in [0.15, 0.2) is 24.5 Å². The van der Waals surface area contributed by atoms with Gasteiger partial charge in [-0.2, -0.15) is 0 Å². The Hall–Kier alpha value is -2.63. The van der Waals surface area contributed by atoms with Gasteiger partial charge in [-0.25, -0.2) is 19.2 Å². The van der Waals surface area contributed by atoms with Gasteiger partial charge >= 0.3 is 0 Å². The van der Waals surface area contributed by atoms with Gasteiger partial charge in [0.1, 0.15) is 18.8 Å². The molecule has 3 heterocycles. The SMILES string of the molecule is Cl.[C-]#[N+]c1ccc(Nc2ncnc3c2OCCN3C2CCNCC2)c(F)c1. The molecule has 2 aliphatic heterocycles. The molecule has 0 aliphatic carbocycles. The molecule has 27 heavy (non-hydrogen) atoms. The second kappa shape index (κ2) is 8.37. The highest BCUT2D eigenvalue weighted by molar-refractivity contribution is 5.85. The highest BCUT2D eigenvalue weighted by Crippen LogP contribution is 2.38. The largest absolute Gasteiger partial charge is 0.485 e. The zero-order valence-corrected chi connectivity index (χ0v) is 15.4. The molecule has 0 radical (unpaired) electrons. The third-order valence-corrected chi connectivity index (χ3v) is 4.72. The number of nitrogens with zero attached hydrogens (tertiary/aromatic N) is 4. The summed E-state index contributed by atoms with van der Waals surface area (Å²) in [5.74, 6) is 1.23. The number of ether oxygens (including phenoxy) is 1. The highest BCUT2D eigenvalue weighted by atomic mass is 35.5. The first kappa shape index (κ1) is 19.1. The molecule has 0 atom stereocenters. The molecule has 1 saturated heterocycles. The quantitative estimate of drug-likeness (QED) is 0.784. The van der Waals surface area contributed by atoms with Gasteiger partial charge in [0.2, 0.25) is 5.75 Å². The Morgan fingerprint density at radius 3 is 2.85 bits per heavy atom. The van der Waals surface area contributed by atoms with Crippen LogP contribution in [0.4, 0.5) is 27.4 Å². The molecule has 0 amide bonds. The van der Waals surface area contributed by atoms with Crippen molar-refractivity contribution in [1.82, 2.24) is 15.3 Å². The molecular weight excluding hydrogens is 371 g/mol. The summed E-state index contributed by atoms with van der Waals surface area (Å²) in [6.45, 7) is 10.3. The van der Waals surface area contributed by atoms with Crippen molar-refractivity contribution in [3.63, 3.8) is 0 Å². The molecular formula is C18H20ClFN6O. The first-order valence-corrected chi connectivity index (χ1v) is 8.65. The van der Waals surface area contributed by atoms with Crippen molar-refractivity contribution >= 4 is 35.4 Å². The summed E-state index contributed by atoms with van der Waals surface area (Å²) in [5.41, 5.74) is 0.506. The monoisotopic (exact) mass is 390 g/mol. The number of piperidine rings is 1. The maximum Gasteiger partial charge on any atom is 0.205 e. The van der Waals surface area contributed by atoms with Crippen LogP contribution in [0.25, 0.3) is 4.85 Å². The molecule has 9 heteroatoms. The van der Waals surface area contributed by atoms with Crippen molar-refractivity contribution in [1.29, 1.82) is 0 Å². The summed E-state index contributed by atoms with van der Waals surface area (Å²) < 4.78 is 20.0. The third-order valence-electron chi connectivity index (χ3n) is 4.72. The van der Waals surface area contributed by atoms with Crippen LogP contribution in [0.2, 0.25) is 0 Å². The molecule has 0 spiro atoms. The molecule has 7 nitrogen and oxygen atoms in total. The molecule has 1 aromatic heterocycles. The summed E-state index contributed by atoms with van der Waals surface area (Å²) in [7, 11) is 0. The van der Waals surface area contributed by atoms with Crippen LogP contribution in [-0.2, 0) is 0 Å². The standard InChI is InChI=1S/C18H19FN6O.ClH/c1-20-12-2-3-15(14(19)10-12)24-17-16-18(23-11-22-17)25(8-9-26-16)13-4-6-21-7-5-13;/h2-3,10-11,13,21H,4-9H2,(H,22,23,24);1H. The second-order valence-corrected chi connectivity index (χ2v) is 6.30. The average molecular weight is 391 g/mol. The van der Waals surface area contributed by atoms with Crippen LogP contribution in [0.5, 0.6) is 5.75 Å². The number of hydrogen-bond acceptors (Lipinski definition) is 6. The molecule has 4 rings (SSSR count). The number of fused-ring (bicyclic) bond motifs is 1. The van der Waals surface area contributed by atoms with Gasteiger partial charge < -0.3 is 20.3 Å². The van der Waals surface area contributed by atoms with Crippen LogP contribution in [-0.4, -0.2) is 42.3 Å². The fourth-order valence-electron chi connectivity index (χ4n) is 3.42. The van der Waals surface area contributed by atoms with Gasteiger partial charge in [-0.1, -0.05) is 6.07 Å². The number of aromatic nitrogens is 2. The van der Waals surface area contributed by atoms with Crippen molar-refractivity contribution in [2.24, 2.45) is 0 Å². The Morgan fingerprint density at radius 2 is 2.11 bits per heavy atom. The smallest absolute Gasteiger partial charge is 0.205 e. The van der Waals surface area contributed by atoms with Gasteiger partial charge in [-0.3, -0.25) is 0 Å². The molecule has 1 aromatic carbocycles. The van der Waals surface area contributed by atoms with Gasteiger partial charge in [0.05, 0.1) is 18.8 Å². The van der Waals surface area contributed by atoms with Gasteiger partial charge in [-0.05, 0) is 38.1 Å². The van der Waals surface area contributed by atoms with Crippen LogP contribution in [0.1, 0.15) is 12.8 Å². The number of halogens is 2. The Kier molecular flexibility index (Phi) is 5.94. The van der Waals surface area contributed by atoms with E-state index in [4.69, 9.17) is 11.3 Å². The summed E-state index contributed by atoms with van der Waals surface area (Å²) in [4.78, 5) is 14.2. The lowest BCUT2D eigenvalue weighted by Gasteiger charge is -2.38. The first-order chi connectivity index (χ1) is 12.8. The summed E-state index contributed by atoms with van der Waals surface area (Å²) >= 11 is 0. The maximum atomic E-state index is 14.2.